The molecule has 0 saturated carbocycles. The Balaban J connectivity index is 1.49. The lowest BCUT2D eigenvalue weighted by atomic mass is 10.1. The first-order chi connectivity index (χ1) is 14.1. The molecule has 0 spiro atoms. The fourth-order valence-electron chi connectivity index (χ4n) is 3.41. The second kappa shape index (κ2) is 8.20. The highest BCUT2D eigenvalue weighted by Gasteiger charge is 2.35. The average molecular weight is 387 g/mol. The minimum Gasteiger partial charge on any atom is -0.399 e. The van der Waals surface area contributed by atoms with Crippen LogP contribution < -0.4 is 5.73 Å². The van der Waals surface area contributed by atoms with Crippen molar-refractivity contribution in [3.63, 3.8) is 0 Å². The first-order valence-electron chi connectivity index (χ1n) is 9.40. The predicted molar refractivity (Wildman–Crippen MR) is 109 cm³/mol. The molecule has 2 amide bonds. The summed E-state index contributed by atoms with van der Waals surface area (Å²) in [6, 6.07) is 16.4. The standard InChI is InChI=1S/C22H21N5O2/c23-16-7-8-19-20(13-16)22(29)27(21(19)28)12-11-26(14-17-5-1-3-9-24-17)15-18-6-2-4-10-25-18/h1-10,13H,11-12,14-15,23H2. The van der Waals surface area contributed by atoms with Crippen LogP contribution >= 0.6 is 0 Å². The molecule has 7 heteroatoms. The highest BCUT2D eigenvalue weighted by atomic mass is 16.2. The maximum atomic E-state index is 12.7. The minimum absolute atomic E-state index is 0.277. The summed E-state index contributed by atoms with van der Waals surface area (Å²) in [6.45, 7) is 1.97. The van der Waals surface area contributed by atoms with E-state index in [9.17, 15) is 9.59 Å². The van der Waals surface area contributed by atoms with Gasteiger partial charge in [-0.1, -0.05) is 12.1 Å². The summed E-state index contributed by atoms with van der Waals surface area (Å²) in [4.78, 5) is 37.6. The smallest absolute Gasteiger partial charge is 0.261 e. The summed E-state index contributed by atoms with van der Waals surface area (Å²) in [6.07, 6.45) is 3.51. The third kappa shape index (κ3) is 4.14. The Morgan fingerprint density at radius 3 is 2.03 bits per heavy atom. The van der Waals surface area contributed by atoms with Gasteiger partial charge < -0.3 is 5.73 Å². The maximum absolute atomic E-state index is 12.7. The molecular weight excluding hydrogens is 366 g/mol. The largest absolute Gasteiger partial charge is 0.399 e. The lowest BCUT2D eigenvalue weighted by Crippen LogP contribution is -2.38. The number of benzene rings is 1. The summed E-state index contributed by atoms with van der Waals surface area (Å²) in [5.41, 5.74) is 8.85. The number of nitrogens with zero attached hydrogens (tertiary/aromatic N) is 4. The van der Waals surface area contributed by atoms with Crippen molar-refractivity contribution in [2.75, 3.05) is 18.8 Å². The summed E-state index contributed by atoms with van der Waals surface area (Å²) in [7, 11) is 0. The number of fused-ring (bicyclic) bond motifs is 1. The van der Waals surface area contributed by atoms with Gasteiger partial charge in [-0.25, -0.2) is 0 Å². The number of amides is 2. The van der Waals surface area contributed by atoms with E-state index in [2.05, 4.69) is 14.9 Å². The predicted octanol–water partition coefficient (Wildman–Crippen LogP) is 2.36. The molecule has 2 aromatic heterocycles. The van der Waals surface area contributed by atoms with E-state index in [1.807, 2.05) is 36.4 Å². The zero-order valence-corrected chi connectivity index (χ0v) is 15.9. The van der Waals surface area contributed by atoms with Gasteiger partial charge in [0.2, 0.25) is 0 Å². The van der Waals surface area contributed by atoms with Gasteiger partial charge in [0.15, 0.2) is 0 Å². The van der Waals surface area contributed by atoms with E-state index in [1.54, 1.807) is 30.6 Å². The second-order valence-corrected chi connectivity index (χ2v) is 6.92. The fourth-order valence-corrected chi connectivity index (χ4v) is 3.41. The molecule has 1 aromatic carbocycles. The third-order valence-electron chi connectivity index (χ3n) is 4.86. The van der Waals surface area contributed by atoms with Gasteiger partial charge in [0, 0.05) is 44.3 Å². The van der Waals surface area contributed by atoms with E-state index in [0.717, 1.165) is 11.4 Å². The van der Waals surface area contributed by atoms with Gasteiger partial charge in [-0.15, -0.1) is 0 Å². The Kier molecular flexibility index (Phi) is 5.31. The van der Waals surface area contributed by atoms with Gasteiger partial charge in [0.1, 0.15) is 0 Å². The first-order valence-corrected chi connectivity index (χ1v) is 9.40. The SMILES string of the molecule is Nc1ccc2c(c1)C(=O)N(CCN(Cc1ccccn1)Cc1ccccn1)C2=O. The number of carbonyl (C=O) groups excluding carboxylic acids is 2. The number of hydrogen-bond donors (Lipinski definition) is 1. The second-order valence-electron chi connectivity index (χ2n) is 6.92. The third-order valence-corrected chi connectivity index (χ3v) is 4.86. The fraction of sp³-hybridized carbons (Fsp3) is 0.182. The Bertz CT molecular complexity index is 982. The van der Waals surface area contributed by atoms with Crippen molar-refractivity contribution in [2.45, 2.75) is 13.1 Å². The van der Waals surface area contributed by atoms with Crippen molar-refractivity contribution in [1.29, 1.82) is 0 Å². The van der Waals surface area contributed by atoms with Gasteiger partial charge >= 0.3 is 0 Å². The molecule has 1 aliphatic rings. The Labute approximate surface area is 168 Å². The van der Waals surface area contributed by atoms with Crippen LogP contribution in [0.25, 0.3) is 0 Å². The Morgan fingerprint density at radius 1 is 0.828 bits per heavy atom. The highest BCUT2D eigenvalue weighted by molar-refractivity contribution is 6.21. The van der Waals surface area contributed by atoms with Gasteiger partial charge in [0.25, 0.3) is 11.8 Å². The van der Waals surface area contributed by atoms with Crippen molar-refractivity contribution in [3.8, 4) is 0 Å². The molecule has 2 N–H and O–H groups in total. The average Bonchev–Trinajstić information content (AvgIpc) is 2.97. The number of pyridine rings is 2. The summed E-state index contributed by atoms with van der Waals surface area (Å²) >= 11 is 0. The van der Waals surface area contributed by atoms with Crippen LogP contribution in [0.4, 0.5) is 5.69 Å². The van der Waals surface area contributed by atoms with E-state index in [1.165, 1.54) is 4.90 Å². The van der Waals surface area contributed by atoms with E-state index < -0.39 is 0 Å². The molecule has 146 valence electrons. The Hall–Kier alpha value is -3.58. The van der Waals surface area contributed by atoms with Crippen LogP contribution in [-0.2, 0) is 13.1 Å². The van der Waals surface area contributed by atoms with Gasteiger partial charge in [0.05, 0.1) is 22.5 Å². The molecule has 0 fully saturated rings. The van der Waals surface area contributed by atoms with Crippen molar-refractivity contribution in [1.82, 2.24) is 19.8 Å². The molecule has 0 bridgehead atoms. The number of nitrogens with two attached hydrogens (primary N) is 1. The van der Waals surface area contributed by atoms with Crippen molar-refractivity contribution in [3.05, 3.63) is 89.5 Å². The molecule has 1 aliphatic heterocycles. The van der Waals surface area contributed by atoms with Crippen LogP contribution in [0.1, 0.15) is 32.1 Å². The van der Waals surface area contributed by atoms with Crippen LogP contribution in [0.2, 0.25) is 0 Å². The maximum Gasteiger partial charge on any atom is 0.261 e. The Morgan fingerprint density at radius 2 is 1.45 bits per heavy atom. The molecular formula is C22H21N5O2. The van der Waals surface area contributed by atoms with Crippen LogP contribution in [0, 0.1) is 0 Å². The van der Waals surface area contributed by atoms with Crippen molar-refractivity contribution >= 4 is 17.5 Å². The molecule has 7 nitrogen and oxygen atoms in total. The number of nitrogen functional groups attached to an aromatic ring is 1. The van der Waals surface area contributed by atoms with E-state index in [-0.39, 0.29) is 18.4 Å². The zero-order valence-electron chi connectivity index (χ0n) is 15.9. The summed E-state index contributed by atoms with van der Waals surface area (Å²) < 4.78 is 0. The topological polar surface area (TPSA) is 92.4 Å². The molecule has 0 aliphatic carbocycles. The number of hydrogen-bond acceptors (Lipinski definition) is 6. The zero-order chi connectivity index (χ0) is 20.2. The molecule has 4 rings (SSSR count). The lowest BCUT2D eigenvalue weighted by molar-refractivity contribution is 0.0632. The molecule has 0 atom stereocenters. The van der Waals surface area contributed by atoms with E-state index in [0.29, 0.717) is 36.4 Å². The monoisotopic (exact) mass is 387 g/mol. The quantitative estimate of drug-likeness (QED) is 0.494. The molecule has 0 saturated heterocycles. The van der Waals surface area contributed by atoms with Gasteiger partial charge in [-0.05, 0) is 42.5 Å². The van der Waals surface area contributed by atoms with Gasteiger partial charge in [-0.2, -0.15) is 0 Å². The number of imide groups is 1. The number of rotatable bonds is 7. The van der Waals surface area contributed by atoms with Crippen LogP contribution in [-0.4, -0.2) is 44.7 Å². The first kappa shape index (κ1) is 18.8. The van der Waals surface area contributed by atoms with Crippen LogP contribution in [0.3, 0.4) is 0 Å². The molecule has 3 aromatic rings. The van der Waals surface area contributed by atoms with E-state index >= 15 is 0 Å². The number of anilines is 1. The normalized spacial score (nSPS) is 13.2. The summed E-state index contributed by atoms with van der Waals surface area (Å²) in [5.74, 6) is -0.575. The van der Waals surface area contributed by atoms with Crippen LogP contribution in [0.5, 0.6) is 0 Å². The highest BCUT2D eigenvalue weighted by Crippen LogP contribution is 2.24. The van der Waals surface area contributed by atoms with Crippen molar-refractivity contribution in [2.24, 2.45) is 0 Å². The molecule has 29 heavy (non-hydrogen) atoms. The minimum atomic E-state index is -0.298. The molecule has 0 unspecified atom stereocenters. The van der Waals surface area contributed by atoms with Crippen LogP contribution in [0.15, 0.2) is 67.0 Å². The van der Waals surface area contributed by atoms with Crippen molar-refractivity contribution < 1.29 is 9.59 Å². The summed E-state index contributed by atoms with van der Waals surface area (Å²) in [5, 5.41) is 0. The van der Waals surface area contributed by atoms with E-state index in [4.69, 9.17) is 5.73 Å². The van der Waals surface area contributed by atoms with Gasteiger partial charge in [-0.3, -0.25) is 29.4 Å². The lowest BCUT2D eigenvalue weighted by Gasteiger charge is -2.24. The molecule has 0 radical (unpaired) electrons. The number of carbonyl (C=O) groups is 2. The number of aromatic nitrogens is 2. The molecule has 3 heterocycles.